The molecule has 4 rings (SSSR count). The number of carbonyl (C=O) groups excluding carboxylic acids is 2. The maximum Gasteiger partial charge on any atom is 0.311 e. The first kappa shape index (κ1) is 22.5. The van der Waals surface area contributed by atoms with Crippen LogP contribution in [0.15, 0.2) is 33.7 Å². The highest BCUT2D eigenvalue weighted by atomic mass is 16.7. The molecule has 2 aliphatic heterocycles. The van der Waals surface area contributed by atoms with E-state index < -0.39 is 11.5 Å². The lowest BCUT2D eigenvalue weighted by Gasteiger charge is -2.45. The molecule has 1 atom stereocenters. The zero-order valence-corrected chi connectivity index (χ0v) is 18.9. The molecule has 0 N–H and O–H groups in total. The highest BCUT2D eigenvalue weighted by molar-refractivity contribution is 5.88. The summed E-state index contributed by atoms with van der Waals surface area (Å²) in [5.41, 5.74) is 1.46. The fraction of sp³-hybridized carbons (Fsp3) is 0.542. The van der Waals surface area contributed by atoms with Crippen LogP contribution in [-0.4, -0.2) is 54.2 Å². The number of likely N-dealkylation sites (tertiary alicyclic amines) is 1. The van der Waals surface area contributed by atoms with Gasteiger partial charge in [-0.15, -0.1) is 0 Å². The Kier molecular flexibility index (Phi) is 6.35. The number of benzene rings is 1. The molecule has 32 heavy (non-hydrogen) atoms. The largest absolute Gasteiger partial charge is 0.469 e. The lowest BCUT2D eigenvalue weighted by Crippen LogP contribution is -2.57. The van der Waals surface area contributed by atoms with E-state index in [1.807, 2.05) is 32.0 Å². The Balaban J connectivity index is 1.53. The van der Waals surface area contributed by atoms with Crippen LogP contribution in [0.3, 0.4) is 0 Å². The topological polar surface area (TPSA) is 89.3 Å². The summed E-state index contributed by atoms with van der Waals surface area (Å²) in [4.78, 5) is 46.1. The molecule has 2 aliphatic rings. The number of carbonyl (C=O) groups is 2. The third kappa shape index (κ3) is 3.93. The molecule has 0 bridgehead atoms. The van der Waals surface area contributed by atoms with Gasteiger partial charge in [0.05, 0.1) is 36.8 Å². The normalized spacial score (nSPS) is 20.9. The first-order chi connectivity index (χ1) is 15.4. The zero-order chi connectivity index (χ0) is 22.9. The number of hydrogen-bond donors (Lipinski definition) is 0. The van der Waals surface area contributed by atoms with Gasteiger partial charge in [0.1, 0.15) is 5.58 Å². The average molecular weight is 443 g/mol. The number of hydrogen-bond acceptors (Lipinski definition) is 7. The van der Waals surface area contributed by atoms with Gasteiger partial charge in [0.15, 0.2) is 5.43 Å². The van der Waals surface area contributed by atoms with Crippen molar-refractivity contribution < 1.29 is 23.6 Å². The number of aryl methyl sites for hydroxylation is 1. The second-order valence-corrected chi connectivity index (χ2v) is 8.77. The predicted molar refractivity (Wildman–Crippen MR) is 118 cm³/mol. The third-order valence-electron chi connectivity index (χ3n) is 6.68. The standard InChI is InChI=1S/C24H30N2O6/c1-4-11-32-26-21(27)13-19(23(29)30-3)24(26)7-9-25(10-8-24)14-17-15-31-20-6-5-16(2)12-18(20)22(17)28/h5-6,12,15,19H,4,7-11,13-14H2,1-3H3. The molecular weight excluding hydrogens is 412 g/mol. The van der Waals surface area contributed by atoms with Crippen molar-refractivity contribution in [2.45, 2.75) is 51.6 Å². The minimum atomic E-state index is -0.707. The molecule has 1 aromatic heterocycles. The molecule has 0 saturated carbocycles. The highest BCUT2D eigenvalue weighted by Crippen LogP contribution is 2.44. The van der Waals surface area contributed by atoms with E-state index in [9.17, 15) is 14.4 Å². The number of nitrogens with zero attached hydrogens (tertiary/aromatic N) is 2. The molecule has 2 aromatic rings. The fourth-order valence-corrected chi connectivity index (χ4v) is 4.95. The maximum absolute atomic E-state index is 13.0. The molecule has 1 amide bonds. The summed E-state index contributed by atoms with van der Waals surface area (Å²) in [5, 5.41) is 2.03. The van der Waals surface area contributed by atoms with E-state index in [4.69, 9.17) is 14.0 Å². The van der Waals surface area contributed by atoms with E-state index >= 15 is 0 Å². The number of amides is 1. The van der Waals surface area contributed by atoms with Crippen molar-refractivity contribution in [3.8, 4) is 0 Å². The molecule has 8 heteroatoms. The second kappa shape index (κ2) is 9.03. The molecule has 2 saturated heterocycles. The number of rotatable bonds is 6. The molecule has 0 radical (unpaired) electrons. The molecule has 1 aromatic carbocycles. The highest BCUT2D eigenvalue weighted by Gasteiger charge is 2.58. The molecular formula is C24H30N2O6. The minimum absolute atomic E-state index is 0.0216. The Morgan fingerprint density at radius 2 is 2.00 bits per heavy atom. The second-order valence-electron chi connectivity index (χ2n) is 8.77. The van der Waals surface area contributed by atoms with Gasteiger partial charge in [-0.2, -0.15) is 0 Å². The van der Waals surface area contributed by atoms with Crippen molar-refractivity contribution in [2.75, 3.05) is 26.8 Å². The summed E-state index contributed by atoms with van der Waals surface area (Å²) >= 11 is 0. The zero-order valence-electron chi connectivity index (χ0n) is 18.9. The van der Waals surface area contributed by atoms with Gasteiger partial charge in [-0.3, -0.25) is 24.1 Å². The van der Waals surface area contributed by atoms with Crippen LogP contribution >= 0.6 is 0 Å². The van der Waals surface area contributed by atoms with Gasteiger partial charge in [0.25, 0.3) is 0 Å². The Hall–Kier alpha value is -2.71. The molecule has 1 spiro atoms. The average Bonchev–Trinajstić information content (AvgIpc) is 3.06. The molecule has 0 aliphatic carbocycles. The molecule has 172 valence electrons. The summed E-state index contributed by atoms with van der Waals surface area (Å²) in [6.45, 7) is 6.04. The van der Waals surface area contributed by atoms with Crippen LogP contribution in [0.1, 0.15) is 43.7 Å². The van der Waals surface area contributed by atoms with Crippen LogP contribution in [-0.2, 0) is 25.7 Å². The van der Waals surface area contributed by atoms with E-state index in [1.54, 1.807) is 0 Å². The summed E-state index contributed by atoms with van der Waals surface area (Å²) < 4.78 is 10.7. The molecule has 3 heterocycles. The van der Waals surface area contributed by atoms with Crippen molar-refractivity contribution in [1.29, 1.82) is 0 Å². The van der Waals surface area contributed by atoms with Crippen molar-refractivity contribution in [2.24, 2.45) is 5.92 Å². The fourth-order valence-electron chi connectivity index (χ4n) is 4.95. The smallest absolute Gasteiger partial charge is 0.311 e. The van der Waals surface area contributed by atoms with E-state index in [2.05, 4.69) is 4.90 Å². The minimum Gasteiger partial charge on any atom is -0.469 e. The van der Waals surface area contributed by atoms with Crippen molar-refractivity contribution in [1.82, 2.24) is 9.96 Å². The van der Waals surface area contributed by atoms with Gasteiger partial charge in [-0.1, -0.05) is 18.6 Å². The number of fused-ring (bicyclic) bond motifs is 1. The number of hydroxylamine groups is 2. The predicted octanol–water partition coefficient (Wildman–Crippen LogP) is 2.80. The van der Waals surface area contributed by atoms with Gasteiger partial charge in [0, 0.05) is 31.6 Å². The summed E-state index contributed by atoms with van der Waals surface area (Å²) in [6, 6.07) is 5.58. The first-order valence-corrected chi connectivity index (χ1v) is 11.2. The summed E-state index contributed by atoms with van der Waals surface area (Å²) in [7, 11) is 1.35. The Bertz CT molecular complexity index is 1070. The Morgan fingerprint density at radius 1 is 1.25 bits per heavy atom. The van der Waals surface area contributed by atoms with E-state index in [0.717, 1.165) is 12.0 Å². The quantitative estimate of drug-likeness (QED) is 0.636. The van der Waals surface area contributed by atoms with Gasteiger partial charge in [-0.05, 0) is 38.3 Å². The van der Waals surface area contributed by atoms with Gasteiger partial charge >= 0.3 is 5.97 Å². The molecule has 8 nitrogen and oxygen atoms in total. The summed E-state index contributed by atoms with van der Waals surface area (Å²) in [6.07, 6.45) is 3.55. The van der Waals surface area contributed by atoms with Crippen molar-refractivity contribution in [3.05, 3.63) is 45.8 Å². The van der Waals surface area contributed by atoms with Crippen LogP contribution in [0.2, 0.25) is 0 Å². The van der Waals surface area contributed by atoms with Crippen LogP contribution in [0.4, 0.5) is 0 Å². The number of piperidine rings is 1. The summed E-state index contributed by atoms with van der Waals surface area (Å²) in [5.74, 6) is -1.10. The van der Waals surface area contributed by atoms with Crippen LogP contribution in [0, 0.1) is 12.8 Å². The van der Waals surface area contributed by atoms with Gasteiger partial charge in [-0.25, -0.2) is 5.06 Å². The molecule has 1 unspecified atom stereocenters. The molecule has 2 fully saturated rings. The SMILES string of the molecule is CCCON1C(=O)CC(C(=O)OC)C12CCN(Cc1coc3ccc(C)cc3c1=O)CC2. The van der Waals surface area contributed by atoms with Crippen molar-refractivity contribution in [3.63, 3.8) is 0 Å². The Labute approximate surface area is 187 Å². The van der Waals surface area contributed by atoms with Gasteiger partial charge < -0.3 is 9.15 Å². The van der Waals surface area contributed by atoms with E-state index in [-0.39, 0.29) is 23.7 Å². The van der Waals surface area contributed by atoms with Gasteiger partial charge in [0.2, 0.25) is 5.91 Å². The monoisotopic (exact) mass is 442 g/mol. The van der Waals surface area contributed by atoms with Crippen LogP contribution in [0.5, 0.6) is 0 Å². The van der Waals surface area contributed by atoms with Crippen LogP contribution < -0.4 is 5.43 Å². The maximum atomic E-state index is 13.0. The Morgan fingerprint density at radius 3 is 2.69 bits per heavy atom. The lowest BCUT2D eigenvalue weighted by molar-refractivity contribution is -0.223. The first-order valence-electron chi connectivity index (χ1n) is 11.2. The van der Waals surface area contributed by atoms with Crippen LogP contribution in [0.25, 0.3) is 11.0 Å². The third-order valence-corrected chi connectivity index (χ3v) is 6.68. The van der Waals surface area contributed by atoms with E-state index in [0.29, 0.717) is 55.6 Å². The number of ether oxygens (including phenoxy) is 1. The van der Waals surface area contributed by atoms with E-state index in [1.165, 1.54) is 18.4 Å². The number of methoxy groups -OCH3 is 1. The lowest BCUT2D eigenvalue weighted by atomic mass is 9.77. The van der Waals surface area contributed by atoms with Crippen molar-refractivity contribution >= 4 is 22.8 Å². The number of esters is 1.